The van der Waals surface area contributed by atoms with E-state index in [4.69, 9.17) is 14.9 Å². The van der Waals surface area contributed by atoms with Crippen molar-refractivity contribution in [2.24, 2.45) is 0 Å². The van der Waals surface area contributed by atoms with Crippen LogP contribution in [0.4, 0.5) is 4.79 Å². The molecule has 2 rings (SSSR count). The number of aromatic nitrogens is 1. The summed E-state index contributed by atoms with van der Waals surface area (Å²) in [6.07, 6.45) is 2.59. The summed E-state index contributed by atoms with van der Waals surface area (Å²) in [7, 11) is 0. The number of aliphatic hydroxyl groups excluding tert-OH is 2. The number of alkyl carbamates (subject to hydrolysis) is 1. The van der Waals surface area contributed by atoms with Crippen LogP contribution < -0.4 is 16.0 Å². The van der Waals surface area contributed by atoms with E-state index in [9.17, 15) is 24.3 Å². The fourth-order valence-electron chi connectivity index (χ4n) is 3.42. The predicted molar refractivity (Wildman–Crippen MR) is 121 cm³/mol. The summed E-state index contributed by atoms with van der Waals surface area (Å²) < 4.78 is 5.29. The maximum atomic E-state index is 12.5. The first kappa shape index (κ1) is 27.5. The molecule has 1 aliphatic carbocycles. The van der Waals surface area contributed by atoms with Crippen molar-refractivity contribution in [1.29, 1.82) is 0 Å². The van der Waals surface area contributed by atoms with Gasteiger partial charge in [0.25, 0.3) is 5.91 Å². The van der Waals surface area contributed by atoms with Gasteiger partial charge in [-0.25, -0.2) is 14.6 Å². The monoisotopic (exact) mass is 500 g/mol. The number of hydrogen-bond acceptors (Lipinski definition) is 9. The lowest BCUT2D eigenvalue weighted by molar-refractivity contribution is -0.143. The number of aliphatic carboxylic acids is 1. The third-order valence-corrected chi connectivity index (χ3v) is 6.16. The van der Waals surface area contributed by atoms with Crippen LogP contribution in [0.5, 0.6) is 0 Å². The minimum absolute atomic E-state index is 0.00575. The van der Waals surface area contributed by atoms with Crippen LogP contribution in [-0.2, 0) is 14.3 Å². The Bertz CT molecular complexity index is 876. The summed E-state index contributed by atoms with van der Waals surface area (Å²) >= 11 is 1.31. The zero-order chi connectivity index (χ0) is 25.5. The van der Waals surface area contributed by atoms with Gasteiger partial charge in [0, 0.05) is 17.3 Å². The van der Waals surface area contributed by atoms with Gasteiger partial charge < -0.3 is 36.0 Å². The van der Waals surface area contributed by atoms with E-state index >= 15 is 0 Å². The molecule has 1 heterocycles. The molecule has 1 fully saturated rings. The Morgan fingerprint density at radius 1 is 1.09 bits per heavy atom. The molecule has 13 heteroatoms. The predicted octanol–water partition coefficient (Wildman–Crippen LogP) is 0.346. The molecule has 2 atom stereocenters. The van der Waals surface area contributed by atoms with E-state index in [2.05, 4.69) is 15.6 Å². The lowest BCUT2D eigenvalue weighted by Gasteiger charge is -2.29. The molecule has 1 saturated carbocycles. The van der Waals surface area contributed by atoms with Crippen LogP contribution in [0.2, 0.25) is 0 Å². The molecular formula is C21H32N4O8S. The van der Waals surface area contributed by atoms with E-state index in [0.717, 1.165) is 30.7 Å². The fourth-order valence-corrected chi connectivity index (χ4v) is 4.39. The summed E-state index contributed by atoms with van der Waals surface area (Å²) in [6.45, 7) is 3.81. The Morgan fingerprint density at radius 3 is 2.24 bits per heavy atom. The number of thiazole rings is 1. The first-order valence-corrected chi connectivity index (χ1v) is 11.8. The molecule has 0 aromatic carbocycles. The van der Waals surface area contributed by atoms with Gasteiger partial charge in [-0.2, -0.15) is 0 Å². The molecule has 0 radical (unpaired) electrons. The Hall–Kier alpha value is -2.77. The molecule has 34 heavy (non-hydrogen) atoms. The van der Waals surface area contributed by atoms with Crippen molar-refractivity contribution in [3.05, 3.63) is 16.1 Å². The van der Waals surface area contributed by atoms with Crippen LogP contribution in [0.25, 0.3) is 0 Å². The van der Waals surface area contributed by atoms with Crippen LogP contribution in [0.1, 0.15) is 67.9 Å². The number of rotatable bonds is 9. The Kier molecular flexibility index (Phi) is 9.77. The topological polar surface area (TPSA) is 187 Å². The van der Waals surface area contributed by atoms with Crippen molar-refractivity contribution in [2.45, 2.75) is 76.1 Å². The van der Waals surface area contributed by atoms with Gasteiger partial charge >= 0.3 is 12.1 Å². The maximum absolute atomic E-state index is 12.5. The molecule has 1 aromatic rings. The van der Waals surface area contributed by atoms with E-state index in [1.54, 1.807) is 26.2 Å². The van der Waals surface area contributed by atoms with Gasteiger partial charge in [0.1, 0.15) is 23.4 Å². The molecule has 2 unspecified atom stereocenters. The highest BCUT2D eigenvalue weighted by atomic mass is 32.1. The van der Waals surface area contributed by atoms with E-state index in [0.29, 0.717) is 0 Å². The molecule has 12 nitrogen and oxygen atoms in total. The molecule has 190 valence electrons. The van der Waals surface area contributed by atoms with Gasteiger partial charge in [-0.05, 0) is 46.5 Å². The highest BCUT2D eigenvalue weighted by molar-refractivity contribution is 7.09. The van der Waals surface area contributed by atoms with Crippen molar-refractivity contribution in [2.75, 3.05) is 13.2 Å². The molecule has 1 aliphatic rings. The average molecular weight is 501 g/mol. The second-order valence-electron chi connectivity index (χ2n) is 9.06. The molecule has 3 amide bonds. The van der Waals surface area contributed by atoms with Gasteiger partial charge in [-0.15, -0.1) is 11.3 Å². The third-order valence-electron chi connectivity index (χ3n) is 5.15. The first-order valence-electron chi connectivity index (χ1n) is 10.9. The molecule has 0 aliphatic heterocycles. The molecule has 0 bridgehead atoms. The largest absolute Gasteiger partial charge is 0.480 e. The summed E-state index contributed by atoms with van der Waals surface area (Å²) in [6, 6.07) is -2.95. The molecule has 0 saturated heterocycles. The standard InChI is InChI=1S/C21H32N4O8S/c1-21(2,3)33-20(32)22-12-6-4-11(5-7-12)18-25-15(10-34-18)17(29)23-13(8-26)16(28)24-14(9-27)19(30)31/h10-14,26-27H,4-9H2,1-3H3,(H,22,32)(H,23,29)(H,24,28)(H,30,31). The lowest BCUT2D eigenvalue weighted by Crippen LogP contribution is -2.54. The van der Waals surface area contributed by atoms with Crippen molar-refractivity contribution in [3.8, 4) is 0 Å². The summed E-state index contributed by atoms with van der Waals surface area (Å²) in [5.41, 5.74) is -0.483. The van der Waals surface area contributed by atoms with Crippen LogP contribution in [0.15, 0.2) is 5.38 Å². The number of amides is 3. The number of nitrogens with zero attached hydrogens (tertiary/aromatic N) is 1. The van der Waals surface area contributed by atoms with Crippen molar-refractivity contribution >= 4 is 35.2 Å². The number of carboxylic acids is 1. The normalized spacial score (nSPS) is 20.0. The number of hydrogen-bond donors (Lipinski definition) is 6. The van der Waals surface area contributed by atoms with Crippen LogP contribution in [0, 0.1) is 0 Å². The van der Waals surface area contributed by atoms with E-state index in [1.807, 2.05) is 5.32 Å². The van der Waals surface area contributed by atoms with Gasteiger partial charge in [0.2, 0.25) is 5.91 Å². The average Bonchev–Trinajstić information content (AvgIpc) is 3.24. The molecule has 6 N–H and O–H groups in total. The lowest BCUT2D eigenvalue weighted by atomic mass is 9.86. The fraction of sp³-hybridized carbons (Fsp3) is 0.667. The summed E-state index contributed by atoms with van der Waals surface area (Å²) in [5.74, 6) is -2.95. The Balaban J connectivity index is 1.88. The number of ether oxygens (including phenoxy) is 1. The highest BCUT2D eigenvalue weighted by Gasteiger charge is 2.29. The SMILES string of the molecule is CC(C)(C)OC(=O)NC1CCC(c2nc(C(=O)NC(CO)C(=O)NC(CO)C(=O)O)cs2)CC1. The van der Waals surface area contributed by atoms with Crippen molar-refractivity contribution in [3.63, 3.8) is 0 Å². The van der Waals surface area contributed by atoms with Gasteiger partial charge in [-0.3, -0.25) is 9.59 Å². The Labute approximate surface area is 201 Å². The summed E-state index contributed by atoms with van der Waals surface area (Å²) in [5, 5.41) is 36.9. The molecule has 1 aromatic heterocycles. The van der Waals surface area contributed by atoms with Crippen LogP contribution in [-0.4, -0.2) is 81.1 Å². The highest BCUT2D eigenvalue weighted by Crippen LogP contribution is 2.34. The smallest absolute Gasteiger partial charge is 0.407 e. The maximum Gasteiger partial charge on any atom is 0.407 e. The van der Waals surface area contributed by atoms with Crippen LogP contribution >= 0.6 is 11.3 Å². The zero-order valence-corrected chi connectivity index (χ0v) is 20.2. The van der Waals surface area contributed by atoms with Gasteiger partial charge in [-0.1, -0.05) is 0 Å². The Morgan fingerprint density at radius 2 is 1.71 bits per heavy atom. The van der Waals surface area contributed by atoms with Crippen molar-refractivity contribution in [1.82, 2.24) is 20.9 Å². The summed E-state index contributed by atoms with van der Waals surface area (Å²) in [4.78, 5) is 51.9. The zero-order valence-electron chi connectivity index (χ0n) is 19.4. The van der Waals surface area contributed by atoms with Crippen molar-refractivity contribution < 1.29 is 39.2 Å². The molecule has 0 spiro atoms. The van der Waals surface area contributed by atoms with E-state index in [1.165, 1.54) is 11.3 Å². The molecular weight excluding hydrogens is 468 g/mol. The number of carbonyl (C=O) groups is 4. The number of nitrogens with one attached hydrogen (secondary N) is 3. The number of carbonyl (C=O) groups excluding carboxylic acids is 3. The quantitative estimate of drug-likeness (QED) is 0.278. The van der Waals surface area contributed by atoms with E-state index < -0.39 is 54.8 Å². The van der Waals surface area contributed by atoms with Gasteiger partial charge in [0.05, 0.1) is 18.2 Å². The third kappa shape index (κ3) is 8.22. The second-order valence-corrected chi connectivity index (χ2v) is 9.95. The second kappa shape index (κ2) is 12.1. The number of carboxylic acid groups (broad SMARTS) is 1. The minimum Gasteiger partial charge on any atom is -0.480 e. The van der Waals surface area contributed by atoms with Gasteiger partial charge in [0.15, 0.2) is 0 Å². The number of aliphatic hydroxyl groups is 2. The van der Waals surface area contributed by atoms with E-state index in [-0.39, 0.29) is 17.7 Å². The minimum atomic E-state index is -1.55. The van der Waals surface area contributed by atoms with Crippen LogP contribution in [0.3, 0.4) is 0 Å². The first-order chi connectivity index (χ1) is 15.9.